The van der Waals surface area contributed by atoms with E-state index in [1.54, 1.807) is 0 Å². The summed E-state index contributed by atoms with van der Waals surface area (Å²) < 4.78 is 0. The van der Waals surface area contributed by atoms with Crippen LogP contribution in [0.4, 0.5) is 0 Å². The fourth-order valence-corrected chi connectivity index (χ4v) is 1.38. The van der Waals surface area contributed by atoms with Crippen molar-refractivity contribution in [2.75, 3.05) is 0 Å². The third-order valence-corrected chi connectivity index (χ3v) is 2.30. The maximum absolute atomic E-state index is 10.8. The second-order valence-corrected chi connectivity index (χ2v) is 3.36. The summed E-state index contributed by atoms with van der Waals surface area (Å²) in [4.78, 5) is 10.8. The average Bonchev–Trinajstić information content (AvgIpc) is 2.11. The predicted octanol–water partition coefficient (Wildman–Crippen LogP) is 2.02. The van der Waals surface area contributed by atoms with Gasteiger partial charge < -0.3 is 10.4 Å². The second-order valence-electron chi connectivity index (χ2n) is 3.36. The standard InChI is InChI=1S/C10H21NO2/c1-4-7-9(10(12)13)11-8(5-2)6-3/h8-9,11H,4-7H2,1-3H3,(H,12,13)/t9-/m0/s1. The van der Waals surface area contributed by atoms with Crippen LogP contribution in [0.3, 0.4) is 0 Å². The molecule has 0 aromatic carbocycles. The second kappa shape index (κ2) is 6.89. The van der Waals surface area contributed by atoms with Crippen molar-refractivity contribution in [1.82, 2.24) is 5.32 Å². The van der Waals surface area contributed by atoms with Gasteiger partial charge in [-0.3, -0.25) is 4.79 Å². The van der Waals surface area contributed by atoms with Crippen LogP contribution in [-0.4, -0.2) is 23.2 Å². The molecule has 78 valence electrons. The first-order valence-electron chi connectivity index (χ1n) is 5.14. The van der Waals surface area contributed by atoms with E-state index in [2.05, 4.69) is 19.2 Å². The molecule has 0 aromatic rings. The number of aliphatic carboxylic acids is 1. The van der Waals surface area contributed by atoms with Gasteiger partial charge in [0.1, 0.15) is 6.04 Å². The van der Waals surface area contributed by atoms with Gasteiger partial charge in [0.15, 0.2) is 0 Å². The van der Waals surface area contributed by atoms with Crippen LogP contribution < -0.4 is 5.32 Å². The maximum atomic E-state index is 10.8. The molecule has 13 heavy (non-hydrogen) atoms. The fraction of sp³-hybridized carbons (Fsp3) is 0.900. The fourth-order valence-electron chi connectivity index (χ4n) is 1.38. The summed E-state index contributed by atoms with van der Waals surface area (Å²) in [5.41, 5.74) is 0. The Morgan fingerprint density at radius 3 is 2.15 bits per heavy atom. The van der Waals surface area contributed by atoms with E-state index >= 15 is 0 Å². The first kappa shape index (κ1) is 12.4. The average molecular weight is 187 g/mol. The van der Waals surface area contributed by atoms with Crippen molar-refractivity contribution >= 4 is 5.97 Å². The molecule has 2 N–H and O–H groups in total. The molecule has 0 bridgehead atoms. The lowest BCUT2D eigenvalue weighted by Crippen LogP contribution is -2.42. The highest BCUT2D eigenvalue weighted by Crippen LogP contribution is 2.03. The predicted molar refractivity (Wildman–Crippen MR) is 53.8 cm³/mol. The SMILES string of the molecule is CCC[C@H](NC(CC)CC)C(=O)O. The van der Waals surface area contributed by atoms with Crippen LogP contribution in [0, 0.1) is 0 Å². The van der Waals surface area contributed by atoms with Crippen LogP contribution in [0.25, 0.3) is 0 Å². The molecule has 0 aliphatic rings. The van der Waals surface area contributed by atoms with Crippen molar-refractivity contribution in [1.29, 1.82) is 0 Å². The summed E-state index contributed by atoms with van der Waals surface area (Å²) in [7, 11) is 0. The molecule has 3 heteroatoms. The molecule has 0 fully saturated rings. The van der Waals surface area contributed by atoms with Crippen LogP contribution >= 0.6 is 0 Å². The monoisotopic (exact) mass is 187 g/mol. The zero-order valence-corrected chi connectivity index (χ0v) is 8.84. The van der Waals surface area contributed by atoms with Crippen molar-refractivity contribution in [3.8, 4) is 0 Å². The van der Waals surface area contributed by atoms with E-state index in [1.165, 1.54) is 0 Å². The van der Waals surface area contributed by atoms with E-state index < -0.39 is 5.97 Å². The van der Waals surface area contributed by atoms with E-state index in [1.807, 2.05) is 6.92 Å². The van der Waals surface area contributed by atoms with Gasteiger partial charge >= 0.3 is 5.97 Å². The minimum atomic E-state index is -0.728. The van der Waals surface area contributed by atoms with Gasteiger partial charge in [-0.15, -0.1) is 0 Å². The Balaban J connectivity index is 3.99. The molecule has 0 heterocycles. The van der Waals surface area contributed by atoms with Gasteiger partial charge in [-0.1, -0.05) is 27.2 Å². The minimum Gasteiger partial charge on any atom is -0.480 e. The van der Waals surface area contributed by atoms with Crippen molar-refractivity contribution in [2.24, 2.45) is 0 Å². The summed E-state index contributed by atoms with van der Waals surface area (Å²) in [6.45, 7) is 6.16. The summed E-state index contributed by atoms with van der Waals surface area (Å²) in [6, 6.07) is -0.0254. The van der Waals surface area contributed by atoms with E-state index in [9.17, 15) is 4.79 Å². The van der Waals surface area contributed by atoms with Crippen LogP contribution in [-0.2, 0) is 4.79 Å². The molecule has 0 aliphatic heterocycles. The molecule has 0 saturated heterocycles. The molecule has 0 spiro atoms. The Morgan fingerprint density at radius 2 is 1.85 bits per heavy atom. The topological polar surface area (TPSA) is 49.3 Å². The van der Waals surface area contributed by atoms with Gasteiger partial charge in [0.05, 0.1) is 0 Å². The Morgan fingerprint density at radius 1 is 1.31 bits per heavy atom. The zero-order chi connectivity index (χ0) is 10.3. The quantitative estimate of drug-likeness (QED) is 0.641. The molecule has 0 aliphatic carbocycles. The van der Waals surface area contributed by atoms with E-state index in [0.29, 0.717) is 12.5 Å². The van der Waals surface area contributed by atoms with E-state index in [4.69, 9.17) is 5.11 Å². The largest absolute Gasteiger partial charge is 0.480 e. The third kappa shape index (κ3) is 4.88. The molecule has 0 unspecified atom stereocenters. The number of carboxylic acids is 1. The third-order valence-electron chi connectivity index (χ3n) is 2.30. The van der Waals surface area contributed by atoms with Gasteiger partial charge in [0.2, 0.25) is 0 Å². The number of carboxylic acid groups (broad SMARTS) is 1. The normalized spacial score (nSPS) is 13.2. The Bertz CT molecular complexity index is 144. The van der Waals surface area contributed by atoms with Gasteiger partial charge in [0, 0.05) is 6.04 Å². The van der Waals surface area contributed by atoms with Crippen molar-refractivity contribution < 1.29 is 9.90 Å². The molecule has 1 atom stereocenters. The highest BCUT2D eigenvalue weighted by Gasteiger charge is 2.18. The van der Waals surface area contributed by atoms with Gasteiger partial charge in [-0.05, 0) is 19.3 Å². The lowest BCUT2D eigenvalue weighted by atomic mass is 10.1. The smallest absolute Gasteiger partial charge is 0.320 e. The lowest BCUT2D eigenvalue weighted by Gasteiger charge is -2.20. The molecule has 0 saturated carbocycles. The summed E-state index contributed by atoms with van der Waals surface area (Å²) in [6.07, 6.45) is 3.60. The van der Waals surface area contributed by atoms with E-state index in [0.717, 1.165) is 19.3 Å². The van der Waals surface area contributed by atoms with Crippen LogP contribution in [0.2, 0.25) is 0 Å². The van der Waals surface area contributed by atoms with Crippen molar-refractivity contribution in [2.45, 2.75) is 58.5 Å². The zero-order valence-electron chi connectivity index (χ0n) is 8.84. The van der Waals surface area contributed by atoms with Crippen LogP contribution in [0.15, 0.2) is 0 Å². The van der Waals surface area contributed by atoms with Gasteiger partial charge in [0.25, 0.3) is 0 Å². The van der Waals surface area contributed by atoms with Crippen LogP contribution in [0.1, 0.15) is 46.5 Å². The molecule has 0 aromatic heterocycles. The first-order valence-corrected chi connectivity index (χ1v) is 5.14. The summed E-state index contributed by atoms with van der Waals surface area (Å²) in [5.74, 6) is -0.728. The molecular weight excluding hydrogens is 166 g/mol. The number of carbonyl (C=O) groups is 1. The Kier molecular flexibility index (Phi) is 6.59. The van der Waals surface area contributed by atoms with Gasteiger partial charge in [-0.2, -0.15) is 0 Å². The number of rotatable bonds is 7. The molecule has 3 nitrogen and oxygen atoms in total. The highest BCUT2D eigenvalue weighted by atomic mass is 16.4. The lowest BCUT2D eigenvalue weighted by molar-refractivity contribution is -0.139. The van der Waals surface area contributed by atoms with Crippen molar-refractivity contribution in [3.63, 3.8) is 0 Å². The van der Waals surface area contributed by atoms with E-state index in [-0.39, 0.29) is 6.04 Å². The van der Waals surface area contributed by atoms with Crippen LogP contribution in [0.5, 0.6) is 0 Å². The Hall–Kier alpha value is -0.570. The summed E-state index contributed by atoms with van der Waals surface area (Å²) >= 11 is 0. The number of hydrogen-bond acceptors (Lipinski definition) is 2. The number of hydrogen-bond donors (Lipinski definition) is 2. The first-order chi connectivity index (χ1) is 6.15. The molecule has 0 rings (SSSR count). The Labute approximate surface area is 80.5 Å². The minimum absolute atomic E-state index is 0.340. The van der Waals surface area contributed by atoms with Gasteiger partial charge in [-0.25, -0.2) is 0 Å². The highest BCUT2D eigenvalue weighted by molar-refractivity contribution is 5.73. The molecule has 0 amide bonds. The summed E-state index contributed by atoms with van der Waals surface area (Å²) in [5, 5.41) is 12.0. The maximum Gasteiger partial charge on any atom is 0.320 e. The molecule has 0 radical (unpaired) electrons. The van der Waals surface area contributed by atoms with Crippen molar-refractivity contribution in [3.05, 3.63) is 0 Å². The number of nitrogens with one attached hydrogen (secondary N) is 1. The molecular formula is C10H21NO2.